The third kappa shape index (κ3) is 9.54. The van der Waals surface area contributed by atoms with Crippen LogP contribution in [0.25, 0.3) is 0 Å². The Hall–Kier alpha value is -0.370. The summed E-state index contributed by atoms with van der Waals surface area (Å²) in [5, 5.41) is 0. The van der Waals surface area contributed by atoms with Gasteiger partial charge in [-0.15, -0.1) is 0 Å². The van der Waals surface area contributed by atoms with E-state index in [0.29, 0.717) is 5.75 Å². The highest BCUT2D eigenvalue weighted by Crippen LogP contribution is 2.06. The molecule has 0 bridgehead atoms. The first kappa shape index (κ1) is 12.6. The quantitative estimate of drug-likeness (QED) is 0.623. The van der Waals surface area contributed by atoms with Crippen molar-refractivity contribution < 1.29 is 4.21 Å². The first-order valence-corrected chi connectivity index (χ1v) is 6.34. The van der Waals surface area contributed by atoms with E-state index in [2.05, 4.69) is 32.9 Å². The first-order chi connectivity index (χ1) is 6.02. The standard InChI is InChI=1S/C11H20OS/c1-10(2)6-5-7-11(3)8-9-13(4)12/h6,8H,5,7,9H2,1-4H3/b11-8+. The van der Waals surface area contributed by atoms with Crippen molar-refractivity contribution in [1.82, 2.24) is 0 Å². The fourth-order valence-corrected chi connectivity index (χ4v) is 1.47. The maximum absolute atomic E-state index is 10.8. The summed E-state index contributed by atoms with van der Waals surface area (Å²) in [6.07, 6.45) is 8.23. The van der Waals surface area contributed by atoms with E-state index >= 15 is 0 Å². The van der Waals surface area contributed by atoms with Crippen LogP contribution in [0.3, 0.4) is 0 Å². The SMILES string of the molecule is CC(C)=CCC/C(C)=C/CS(C)=O. The fourth-order valence-electron chi connectivity index (χ4n) is 0.950. The first-order valence-electron chi connectivity index (χ1n) is 4.61. The van der Waals surface area contributed by atoms with Gasteiger partial charge in [-0.2, -0.15) is 0 Å². The lowest BCUT2D eigenvalue weighted by Gasteiger charge is -1.97. The summed E-state index contributed by atoms with van der Waals surface area (Å²) in [4.78, 5) is 0. The van der Waals surface area contributed by atoms with Gasteiger partial charge in [0.05, 0.1) is 0 Å². The van der Waals surface area contributed by atoms with E-state index in [1.165, 1.54) is 11.1 Å². The molecule has 0 aromatic heterocycles. The van der Waals surface area contributed by atoms with Crippen molar-refractivity contribution >= 4 is 10.8 Å². The molecule has 13 heavy (non-hydrogen) atoms. The van der Waals surface area contributed by atoms with Crippen LogP contribution in [0.5, 0.6) is 0 Å². The number of hydrogen-bond donors (Lipinski definition) is 0. The molecule has 1 nitrogen and oxygen atoms in total. The largest absolute Gasteiger partial charge is 0.260 e. The molecule has 2 heteroatoms. The van der Waals surface area contributed by atoms with E-state index < -0.39 is 10.8 Å². The van der Waals surface area contributed by atoms with Gasteiger partial charge in [-0.25, -0.2) is 0 Å². The molecule has 0 aliphatic carbocycles. The van der Waals surface area contributed by atoms with Crippen molar-refractivity contribution in [3.63, 3.8) is 0 Å². The Morgan fingerprint density at radius 2 is 1.85 bits per heavy atom. The molecule has 0 rings (SSSR count). The van der Waals surface area contributed by atoms with Crippen molar-refractivity contribution in [2.75, 3.05) is 12.0 Å². The molecule has 0 aliphatic heterocycles. The highest BCUT2D eigenvalue weighted by Gasteiger charge is 1.90. The van der Waals surface area contributed by atoms with Crippen LogP contribution in [0.4, 0.5) is 0 Å². The van der Waals surface area contributed by atoms with Crippen molar-refractivity contribution in [2.45, 2.75) is 33.6 Å². The molecule has 0 fully saturated rings. The minimum absolute atomic E-state index is 0.692. The van der Waals surface area contributed by atoms with Gasteiger partial charge in [0.1, 0.15) is 0 Å². The second-order valence-electron chi connectivity index (χ2n) is 3.61. The average Bonchev–Trinajstić information content (AvgIpc) is 2.00. The van der Waals surface area contributed by atoms with E-state index in [-0.39, 0.29) is 0 Å². The zero-order valence-corrected chi connectivity index (χ0v) is 9.91. The molecule has 0 amide bonds. The van der Waals surface area contributed by atoms with Gasteiger partial charge in [-0.1, -0.05) is 23.3 Å². The smallest absolute Gasteiger partial charge is 0.0414 e. The molecule has 1 atom stereocenters. The van der Waals surface area contributed by atoms with E-state index in [1.807, 2.05) is 0 Å². The summed E-state index contributed by atoms with van der Waals surface area (Å²) in [5.41, 5.74) is 2.71. The van der Waals surface area contributed by atoms with Crippen molar-refractivity contribution in [3.8, 4) is 0 Å². The summed E-state index contributed by atoms with van der Waals surface area (Å²) in [5.74, 6) is 0.695. The Morgan fingerprint density at radius 1 is 1.23 bits per heavy atom. The highest BCUT2D eigenvalue weighted by molar-refractivity contribution is 7.84. The van der Waals surface area contributed by atoms with Crippen LogP contribution in [0.15, 0.2) is 23.3 Å². The van der Waals surface area contributed by atoms with Crippen LogP contribution in [0.2, 0.25) is 0 Å². The monoisotopic (exact) mass is 200 g/mol. The van der Waals surface area contributed by atoms with Gasteiger partial charge in [0, 0.05) is 22.8 Å². The van der Waals surface area contributed by atoms with Gasteiger partial charge in [0.15, 0.2) is 0 Å². The molecule has 0 radical (unpaired) electrons. The molecule has 0 aromatic rings. The predicted molar refractivity (Wildman–Crippen MR) is 61.4 cm³/mol. The Bertz CT molecular complexity index is 222. The van der Waals surface area contributed by atoms with Crippen LogP contribution in [0.1, 0.15) is 33.6 Å². The average molecular weight is 200 g/mol. The third-order valence-corrected chi connectivity index (χ3v) is 2.39. The number of allylic oxidation sites excluding steroid dienone is 3. The Balaban J connectivity index is 3.73. The minimum atomic E-state index is -0.692. The van der Waals surface area contributed by atoms with Crippen LogP contribution >= 0.6 is 0 Å². The summed E-state index contributed by atoms with van der Waals surface area (Å²) in [6.45, 7) is 6.33. The minimum Gasteiger partial charge on any atom is -0.260 e. The van der Waals surface area contributed by atoms with Crippen molar-refractivity contribution in [1.29, 1.82) is 0 Å². The number of hydrogen-bond acceptors (Lipinski definition) is 1. The highest BCUT2D eigenvalue weighted by atomic mass is 32.2. The predicted octanol–water partition coefficient (Wildman–Crippen LogP) is 3.06. The van der Waals surface area contributed by atoms with E-state index in [0.717, 1.165) is 12.8 Å². The lowest BCUT2D eigenvalue weighted by molar-refractivity contribution is 0.688. The Kier molecular flexibility index (Phi) is 6.87. The molecule has 0 aliphatic rings. The molecule has 0 heterocycles. The van der Waals surface area contributed by atoms with E-state index in [4.69, 9.17) is 0 Å². The van der Waals surface area contributed by atoms with Gasteiger partial charge < -0.3 is 0 Å². The molecule has 0 spiro atoms. The zero-order chi connectivity index (χ0) is 10.3. The maximum atomic E-state index is 10.8. The molecular weight excluding hydrogens is 180 g/mol. The van der Waals surface area contributed by atoms with Crippen LogP contribution in [0, 0.1) is 0 Å². The summed E-state index contributed by atoms with van der Waals surface area (Å²) < 4.78 is 10.8. The van der Waals surface area contributed by atoms with Crippen molar-refractivity contribution in [3.05, 3.63) is 23.3 Å². The molecule has 0 N–H and O–H groups in total. The number of rotatable bonds is 5. The lowest BCUT2D eigenvalue weighted by Crippen LogP contribution is -1.90. The molecule has 76 valence electrons. The van der Waals surface area contributed by atoms with E-state index in [1.54, 1.807) is 6.26 Å². The topological polar surface area (TPSA) is 17.1 Å². The van der Waals surface area contributed by atoms with Crippen molar-refractivity contribution in [2.24, 2.45) is 0 Å². The second kappa shape index (κ2) is 7.07. The summed E-state index contributed by atoms with van der Waals surface area (Å²) in [6, 6.07) is 0. The van der Waals surface area contributed by atoms with Crippen LogP contribution in [-0.2, 0) is 10.8 Å². The lowest BCUT2D eigenvalue weighted by atomic mass is 10.1. The Morgan fingerprint density at radius 3 is 2.31 bits per heavy atom. The van der Waals surface area contributed by atoms with Gasteiger partial charge >= 0.3 is 0 Å². The molecule has 0 aromatic carbocycles. The van der Waals surface area contributed by atoms with Gasteiger partial charge in [0.2, 0.25) is 0 Å². The molecule has 0 saturated heterocycles. The van der Waals surface area contributed by atoms with Gasteiger partial charge in [-0.3, -0.25) is 4.21 Å². The van der Waals surface area contributed by atoms with E-state index in [9.17, 15) is 4.21 Å². The molecule has 1 unspecified atom stereocenters. The zero-order valence-electron chi connectivity index (χ0n) is 9.09. The normalized spacial score (nSPS) is 14.0. The fraction of sp³-hybridized carbons (Fsp3) is 0.636. The maximum Gasteiger partial charge on any atom is 0.0414 e. The summed E-state index contributed by atoms with van der Waals surface area (Å²) in [7, 11) is -0.692. The Labute approximate surface area is 84.4 Å². The van der Waals surface area contributed by atoms with Crippen LogP contribution in [-0.4, -0.2) is 16.2 Å². The van der Waals surface area contributed by atoms with Gasteiger partial charge in [0.25, 0.3) is 0 Å². The van der Waals surface area contributed by atoms with Crippen LogP contribution < -0.4 is 0 Å². The third-order valence-electron chi connectivity index (χ3n) is 1.76. The van der Waals surface area contributed by atoms with Gasteiger partial charge in [-0.05, 0) is 33.6 Å². The molecular formula is C11H20OS. The summed E-state index contributed by atoms with van der Waals surface area (Å²) >= 11 is 0. The molecule has 0 saturated carbocycles. The second-order valence-corrected chi connectivity index (χ2v) is 5.09.